The molecule has 2 aliphatic rings. The Hall–Kier alpha value is -1.55. The molecule has 2 heterocycles. The van der Waals surface area contributed by atoms with E-state index in [-0.39, 0.29) is 12.0 Å². The molecule has 0 bridgehead atoms. The highest BCUT2D eigenvalue weighted by Gasteiger charge is 2.25. The first-order valence-electron chi connectivity index (χ1n) is 7.49. The fourth-order valence-corrected chi connectivity index (χ4v) is 3.14. The summed E-state index contributed by atoms with van der Waals surface area (Å²) in [6, 6.07) is 5.97. The van der Waals surface area contributed by atoms with Crippen molar-refractivity contribution in [2.75, 3.05) is 18.9 Å². The van der Waals surface area contributed by atoms with Gasteiger partial charge in [0.15, 0.2) is 0 Å². The van der Waals surface area contributed by atoms with E-state index >= 15 is 0 Å². The van der Waals surface area contributed by atoms with Gasteiger partial charge in [0, 0.05) is 25.4 Å². The highest BCUT2D eigenvalue weighted by atomic mass is 16.5. The number of carbonyl (C=O) groups is 1. The van der Waals surface area contributed by atoms with E-state index in [9.17, 15) is 4.79 Å². The summed E-state index contributed by atoms with van der Waals surface area (Å²) >= 11 is 0. The highest BCUT2D eigenvalue weighted by molar-refractivity contribution is 5.77. The smallest absolute Gasteiger partial charge is 0.225 e. The van der Waals surface area contributed by atoms with E-state index in [0.29, 0.717) is 13.0 Å². The van der Waals surface area contributed by atoms with E-state index < -0.39 is 0 Å². The minimum Gasteiger partial charge on any atom is -0.398 e. The van der Waals surface area contributed by atoms with Crippen molar-refractivity contribution >= 4 is 11.6 Å². The van der Waals surface area contributed by atoms with E-state index in [1.54, 1.807) is 0 Å². The molecule has 1 aromatic rings. The number of nitrogen functional groups attached to an aromatic ring is 1. The summed E-state index contributed by atoms with van der Waals surface area (Å²) in [6.45, 7) is 2.26. The standard InChI is InChI=1S/C16H22N2O2/c17-15-6-3-4-12-11-18(8-7-14(12)15)16(19)10-13-5-1-2-9-20-13/h3-4,6,13H,1-2,5,7-11,17H2. The lowest BCUT2D eigenvalue weighted by Gasteiger charge is -2.31. The Labute approximate surface area is 119 Å². The second kappa shape index (κ2) is 5.83. The van der Waals surface area contributed by atoms with Gasteiger partial charge in [-0.1, -0.05) is 12.1 Å². The van der Waals surface area contributed by atoms with Crippen LogP contribution in [-0.4, -0.2) is 30.1 Å². The molecule has 1 unspecified atom stereocenters. The van der Waals surface area contributed by atoms with Gasteiger partial charge in [-0.05, 0) is 42.9 Å². The SMILES string of the molecule is Nc1cccc2c1CCN(C(=O)CC1CCCCO1)C2. The topological polar surface area (TPSA) is 55.6 Å². The number of rotatable bonds is 2. The average molecular weight is 274 g/mol. The summed E-state index contributed by atoms with van der Waals surface area (Å²) in [7, 11) is 0. The van der Waals surface area contributed by atoms with Gasteiger partial charge in [0.2, 0.25) is 5.91 Å². The average Bonchev–Trinajstić information content (AvgIpc) is 2.48. The molecule has 2 N–H and O–H groups in total. The van der Waals surface area contributed by atoms with Gasteiger partial charge in [-0.25, -0.2) is 0 Å². The van der Waals surface area contributed by atoms with E-state index in [1.165, 1.54) is 17.5 Å². The van der Waals surface area contributed by atoms with Gasteiger partial charge in [-0.2, -0.15) is 0 Å². The van der Waals surface area contributed by atoms with Gasteiger partial charge >= 0.3 is 0 Å². The third-order valence-corrected chi connectivity index (χ3v) is 4.33. The summed E-state index contributed by atoms with van der Waals surface area (Å²) in [5.41, 5.74) is 9.24. The minimum atomic E-state index is 0.124. The van der Waals surface area contributed by atoms with Crippen LogP contribution in [0.4, 0.5) is 5.69 Å². The summed E-state index contributed by atoms with van der Waals surface area (Å²) in [5.74, 6) is 0.213. The van der Waals surface area contributed by atoms with Crippen molar-refractivity contribution in [3.63, 3.8) is 0 Å². The molecular formula is C16H22N2O2. The molecule has 1 fully saturated rings. The molecule has 1 atom stereocenters. The number of ether oxygens (including phenoxy) is 1. The zero-order valence-corrected chi connectivity index (χ0v) is 11.8. The molecule has 4 nitrogen and oxygen atoms in total. The number of fused-ring (bicyclic) bond motifs is 1. The van der Waals surface area contributed by atoms with Gasteiger partial charge in [-0.3, -0.25) is 4.79 Å². The first-order chi connectivity index (χ1) is 9.74. The number of amides is 1. The lowest BCUT2D eigenvalue weighted by Crippen LogP contribution is -2.38. The molecule has 3 rings (SSSR count). The molecule has 2 aliphatic heterocycles. The van der Waals surface area contributed by atoms with Crippen molar-refractivity contribution in [1.82, 2.24) is 4.90 Å². The summed E-state index contributed by atoms with van der Waals surface area (Å²) in [4.78, 5) is 14.3. The van der Waals surface area contributed by atoms with E-state index in [4.69, 9.17) is 10.5 Å². The first-order valence-corrected chi connectivity index (χ1v) is 7.49. The Morgan fingerprint density at radius 2 is 2.30 bits per heavy atom. The number of benzene rings is 1. The Bertz CT molecular complexity index is 495. The number of carbonyl (C=O) groups excluding carboxylic acids is 1. The molecule has 0 spiro atoms. The minimum absolute atomic E-state index is 0.124. The van der Waals surface area contributed by atoms with Gasteiger partial charge in [0.05, 0.1) is 12.5 Å². The quantitative estimate of drug-likeness (QED) is 0.840. The molecule has 1 aromatic carbocycles. The predicted octanol–water partition coefficient (Wildman–Crippen LogP) is 2.11. The van der Waals surface area contributed by atoms with Crippen molar-refractivity contribution in [3.05, 3.63) is 29.3 Å². The number of anilines is 1. The van der Waals surface area contributed by atoms with Crippen LogP contribution in [-0.2, 0) is 22.5 Å². The van der Waals surface area contributed by atoms with Crippen LogP contribution in [0.1, 0.15) is 36.8 Å². The van der Waals surface area contributed by atoms with Crippen molar-refractivity contribution in [3.8, 4) is 0 Å². The molecule has 4 heteroatoms. The Kier molecular flexibility index (Phi) is 3.92. The number of hydrogen-bond acceptors (Lipinski definition) is 3. The first kappa shape index (κ1) is 13.4. The van der Waals surface area contributed by atoms with Crippen LogP contribution in [0, 0.1) is 0 Å². The maximum Gasteiger partial charge on any atom is 0.225 e. The Balaban J connectivity index is 1.63. The van der Waals surface area contributed by atoms with Crippen LogP contribution in [0.5, 0.6) is 0 Å². The Morgan fingerprint density at radius 1 is 1.40 bits per heavy atom. The second-order valence-electron chi connectivity index (χ2n) is 5.74. The Morgan fingerprint density at radius 3 is 3.10 bits per heavy atom. The van der Waals surface area contributed by atoms with Gasteiger partial charge in [0.1, 0.15) is 0 Å². The fraction of sp³-hybridized carbons (Fsp3) is 0.562. The maximum absolute atomic E-state index is 12.4. The van der Waals surface area contributed by atoms with Crippen molar-refractivity contribution in [2.24, 2.45) is 0 Å². The molecule has 20 heavy (non-hydrogen) atoms. The van der Waals surface area contributed by atoms with Crippen LogP contribution in [0.15, 0.2) is 18.2 Å². The summed E-state index contributed by atoms with van der Waals surface area (Å²) < 4.78 is 5.66. The highest BCUT2D eigenvalue weighted by Crippen LogP contribution is 2.25. The predicted molar refractivity (Wildman–Crippen MR) is 78.2 cm³/mol. The summed E-state index contributed by atoms with van der Waals surface area (Å²) in [6.07, 6.45) is 4.83. The molecule has 0 saturated carbocycles. The molecule has 1 amide bonds. The van der Waals surface area contributed by atoms with E-state index in [2.05, 4.69) is 6.07 Å². The molecule has 0 radical (unpaired) electrons. The normalized spacial score (nSPS) is 22.4. The molecule has 0 aliphatic carbocycles. The van der Waals surface area contributed by atoms with Gasteiger partial charge in [0.25, 0.3) is 0 Å². The van der Waals surface area contributed by atoms with Gasteiger partial charge < -0.3 is 15.4 Å². The second-order valence-corrected chi connectivity index (χ2v) is 5.74. The van der Waals surface area contributed by atoms with Crippen LogP contribution >= 0.6 is 0 Å². The molecule has 108 valence electrons. The van der Waals surface area contributed by atoms with Crippen LogP contribution in [0.25, 0.3) is 0 Å². The largest absolute Gasteiger partial charge is 0.398 e. The van der Waals surface area contributed by atoms with Crippen molar-refractivity contribution in [1.29, 1.82) is 0 Å². The van der Waals surface area contributed by atoms with Crippen molar-refractivity contribution < 1.29 is 9.53 Å². The number of nitrogens with zero attached hydrogens (tertiary/aromatic N) is 1. The fourth-order valence-electron chi connectivity index (χ4n) is 3.14. The van der Waals surface area contributed by atoms with Crippen LogP contribution < -0.4 is 5.73 Å². The van der Waals surface area contributed by atoms with Crippen LogP contribution in [0.3, 0.4) is 0 Å². The zero-order chi connectivity index (χ0) is 13.9. The molecular weight excluding hydrogens is 252 g/mol. The van der Waals surface area contributed by atoms with Gasteiger partial charge in [-0.15, -0.1) is 0 Å². The zero-order valence-electron chi connectivity index (χ0n) is 11.8. The monoisotopic (exact) mass is 274 g/mol. The lowest BCUT2D eigenvalue weighted by atomic mass is 9.97. The summed E-state index contributed by atoms with van der Waals surface area (Å²) in [5, 5.41) is 0. The number of nitrogens with two attached hydrogens (primary N) is 1. The molecule has 0 aromatic heterocycles. The van der Waals surface area contributed by atoms with E-state index in [1.807, 2.05) is 17.0 Å². The third kappa shape index (κ3) is 2.80. The van der Waals surface area contributed by atoms with Crippen LogP contribution in [0.2, 0.25) is 0 Å². The molecule has 1 saturated heterocycles. The maximum atomic E-state index is 12.4. The number of hydrogen-bond donors (Lipinski definition) is 1. The van der Waals surface area contributed by atoms with E-state index in [0.717, 1.165) is 38.1 Å². The third-order valence-electron chi connectivity index (χ3n) is 4.33. The lowest BCUT2D eigenvalue weighted by molar-refractivity contribution is -0.136. The van der Waals surface area contributed by atoms with Crippen molar-refractivity contribution in [2.45, 2.75) is 44.8 Å².